The highest BCUT2D eigenvalue weighted by molar-refractivity contribution is 6.34. The summed E-state index contributed by atoms with van der Waals surface area (Å²) in [7, 11) is 0. The van der Waals surface area contributed by atoms with E-state index in [-0.39, 0.29) is 6.54 Å². The molecule has 0 bridgehead atoms. The molecule has 1 aromatic carbocycles. The minimum Gasteiger partial charge on any atom is -0.481 e. The first-order valence-corrected chi connectivity index (χ1v) is 6.68. The number of halogens is 2. The summed E-state index contributed by atoms with van der Waals surface area (Å²) in [5.74, 6) is -1.67. The number of hydrogen-bond donors (Lipinski definition) is 2. The number of amides is 1. The number of carboxylic acids is 1. The lowest BCUT2D eigenvalue weighted by molar-refractivity contribution is -0.141. The Kier molecular flexibility index (Phi) is 6.10. The lowest BCUT2D eigenvalue weighted by Crippen LogP contribution is -2.39. The van der Waals surface area contributed by atoms with Gasteiger partial charge >= 0.3 is 5.97 Å². The van der Waals surface area contributed by atoms with Crippen molar-refractivity contribution >= 4 is 35.1 Å². The Balaban J connectivity index is 2.55. The molecule has 1 amide bonds. The zero-order valence-corrected chi connectivity index (χ0v) is 12.5. The molecule has 0 aliphatic rings. The highest BCUT2D eigenvalue weighted by Gasteiger charge is 2.18. The number of ether oxygens (including phenoxy) is 1. The van der Waals surface area contributed by atoms with E-state index in [2.05, 4.69) is 5.32 Å². The third kappa shape index (κ3) is 5.27. The first-order chi connectivity index (χ1) is 9.29. The molecule has 2 atom stereocenters. The second kappa shape index (κ2) is 7.36. The Labute approximate surface area is 126 Å². The molecule has 0 aromatic heterocycles. The van der Waals surface area contributed by atoms with Gasteiger partial charge in [-0.3, -0.25) is 9.59 Å². The van der Waals surface area contributed by atoms with Crippen LogP contribution in [0.15, 0.2) is 18.2 Å². The van der Waals surface area contributed by atoms with Crippen LogP contribution in [-0.2, 0) is 9.59 Å². The van der Waals surface area contributed by atoms with Gasteiger partial charge in [0.15, 0.2) is 6.10 Å². The van der Waals surface area contributed by atoms with E-state index in [1.165, 1.54) is 19.1 Å². The first-order valence-electron chi connectivity index (χ1n) is 5.93. The second-order valence-corrected chi connectivity index (χ2v) is 5.22. The molecule has 0 radical (unpaired) electrons. The van der Waals surface area contributed by atoms with Crippen molar-refractivity contribution in [2.45, 2.75) is 20.0 Å². The van der Waals surface area contributed by atoms with E-state index in [9.17, 15) is 9.59 Å². The highest BCUT2D eigenvalue weighted by Crippen LogP contribution is 2.24. The lowest BCUT2D eigenvalue weighted by Gasteiger charge is -2.16. The molecule has 2 unspecified atom stereocenters. The molecule has 20 heavy (non-hydrogen) atoms. The van der Waals surface area contributed by atoms with Gasteiger partial charge in [0.25, 0.3) is 5.91 Å². The predicted octanol–water partition coefficient (Wildman–Crippen LogP) is 2.60. The maximum atomic E-state index is 11.7. The Morgan fingerprint density at radius 1 is 1.25 bits per heavy atom. The zero-order valence-electron chi connectivity index (χ0n) is 11.0. The van der Waals surface area contributed by atoms with Crippen LogP contribution in [-0.4, -0.2) is 29.6 Å². The Bertz CT molecular complexity index is 487. The number of aliphatic carboxylic acids is 1. The van der Waals surface area contributed by atoms with E-state index in [1.807, 2.05) is 0 Å². The molecule has 7 heteroatoms. The summed E-state index contributed by atoms with van der Waals surface area (Å²) < 4.78 is 5.40. The van der Waals surface area contributed by atoms with Crippen LogP contribution in [0.25, 0.3) is 0 Å². The Hall–Kier alpha value is -1.46. The molecule has 0 saturated carbocycles. The summed E-state index contributed by atoms with van der Waals surface area (Å²) in [6, 6.07) is 4.63. The molecule has 0 aliphatic carbocycles. The van der Waals surface area contributed by atoms with Gasteiger partial charge in [-0.2, -0.15) is 0 Å². The highest BCUT2D eigenvalue weighted by atomic mass is 35.5. The van der Waals surface area contributed by atoms with Gasteiger partial charge in [0, 0.05) is 16.6 Å². The fourth-order valence-electron chi connectivity index (χ4n) is 1.34. The van der Waals surface area contributed by atoms with Gasteiger partial charge < -0.3 is 15.2 Å². The van der Waals surface area contributed by atoms with Gasteiger partial charge in [-0.05, 0) is 25.1 Å². The van der Waals surface area contributed by atoms with Crippen molar-refractivity contribution in [3.05, 3.63) is 28.2 Å². The predicted molar refractivity (Wildman–Crippen MR) is 76.4 cm³/mol. The summed E-state index contributed by atoms with van der Waals surface area (Å²) in [5, 5.41) is 12.0. The van der Waals surface area contributed by atoms with Crippen molar-refractivity contribution in [3.63, 3.8) is 0 Å². The molecular formula is C13H15Cl2NO4. The van der Waals surface area contributed by atoms with Gasteiger partial charge in [0.2, 0.25) is 0 Å². The number of rotatable bonds is 6. The smallest absolute Gasteiger partial charge is 0.308 e. The topological polar surface area (TPSA) is 75.6 Å². The SMILES string of the molecule is CC(CNC(=O)C(C)Oc1cc(Cl)cc(Cl)c1)C(=O)O. The monoisotopic (exact) mass is 319 g/mol. The van der Waals surface area contributed by atoms with Crippen LogP contribution in [0.1, 0.15) is 13.8 Å². The molecule has 0 heterocycles. The molecular weight excluding hydrogens is 305 g/mol. The zero-order chi connectivity index (χ0) is 15.3. The minimum absolute atomic E-state index is 0.0398. The summed E-state index contributed by atoms with van der Waals surface area (Å²) >= 11 is 11.6. The first kappa shape index (κ1) is 16.6. The molecule has 0 spiro atoms. The van der Waals surface area contributed by atoms with Crippen LogP contribution in [0, 0.1) is 5.92 Å². The lowest BCUT2D eigenvalue weighted by atomic mass is 10.2. The van der Waals surface area contributed by atoms with E-state index >= 15 is 0 Å². The van der Waals surface area contributed by atoms with Gasteiger partial charge in [0.1, 0.15) is 5.75 Å². The average Bonchev–Trinajstić information content (AvgIpc) is 2.33. The van der Waals surface area contributed by atoms with Gasteiger partial charge in [-0.25, -0.2) is 0 Å². The Morgan fingerprint density at radius 3 is 2.30 bits per heavy atom. The van der Waals surface area contributed by atoms with E-state index < -0.39 is 23.9 Å². The van der Waals surface area contributed by atoms with Gasteiger partial charge in [-0.1, -0.05) is 30.1 Å². The third-order valence-corrected chi connectivity index (χ3v) is 2.96. The molecule has 0 saturated heterocycles. The summed E-state index contributed by atoms with van der Waals surface area (Å²) in [6.07, 6.45) is -0.787. The van der Waals surface area contributed by atoms with Gasteiger partial charge in [0.05, 0.1) is 5.92 Å². The standard InChI is InChI=1S/C13H15Cl2NO4/c1-7(13(18)19)6-16-12(17)8(2)20-11-4-9(14)3-10(15)5-11/h3-5,7-8H,6H2,1-2H3,(H,16,17)(H,18,19). The third-order valence-electron chi connectivity index (χ3n) is 2.52. The number of carboxylic acid groups (broad SMARTS) is 1. The summed E-state index contributed by atoms with van der Waals surface area (Å²) in [5.41, 5.74) is 0. The fraction of sp³-hybridized carbons (Fsp3) is 0.385. The van der Waals surface area contributed by atoms with E-state index in [0.717, 1.165) is 0 Å². The molecule has 110 valence electrons. The van der Waals surface area contributed by atoms with Crippen molar-refractivity contribution in [2.24, 2.45) is 5.92 Å². The summed E-state index contributed by atoms with van der Waals surface area (Å²) in [4.78, 5) is 22.4. The number of hydrogen-bond acceptors (Lipinski definition) is 3. The maximum Gasteiger partial charge on any atom is 0.308 e. The van der Waals surface area contributed by atoms with Crippen LogP contribution in [0.3, 0.4) is 0 Å². The molecule has 1 rings (SSSR count). The van der Waals surface area contributed by atoms with E-state index in [1.54, 1.807) is 13.0 Å². The van der Waals surface area contributed by atoms with E-state index in [0.29, 0.717) is 15.8 Å². The molecule has 2 N–H and O–H groups in total. The van der Waals surface area contributed by atoms with Crippen LogP contribution in [0.5, 0.6) is 5.75 Å². The van der Waals surface area contributed by atoms with Crippen molar-refractivity contribution in [1.82, 2.24) is 5.32 Å². The molecule has 5 nitrogen and oxygen atoms in total. The van der Waals surface area contributed by atoms with Crippen molar-refractivity contribution in [1.29, 1.82) is 0 Å². The van der Waals surface area contributed by atoms with Crippen molar-refractivity contribution < 1.29 is 19.4 Å². The number of nitrogens with one attached hydrogen (secondary N) is 1. The molecule has 0 fully saturated rings. The van der Waals surface area contributed by atoms with E-state index in [4.69, 9.17) is 33.0 Å². The average molecular weight is 320 g/mol. The van der Waals surface area contributed by atoms with Gasteiger partial charge in [-0.15, -0.1) is 0 Å². The summed E-state index contributed by atoms with van der Waals surface area (Å²) in [6.45, 7) is 3.10. The fourth-order valence-corrected chi connectivity index (χ4v) is 1.84. The van der Waals surface area contributed by atoms with Crippen LogP contribution < -0.4 is 10.1 Å². The van der Waals surface area contributed by atoms with Crippen LogP contribution in [0.2, 0.25) is 10.0 Å². The Morgan fingerprint density at radius 2 is 1.80 bits per heavy atom. The maximum absolute atomic E-state index is 11.7. The number of carbonyl (C=O) groups excluding carboxylic acids is 1. The quantitative estimate of drug-likeness (QED) is 0.845. The van der Waals surface area contributed by atoms with Crippen LogP contribution in [0.4, 0.5) is 0 Å². The number of carbonyl (C=O) groups is 2. The van der Waals surface area contributed by atoms with Crippen molar-refractivity contribution in [3.8, 4) is 5.75 Å². The molecule has 1 aromatic rings. The largest absolute Gasteiger partial charge is 0.481 e. The normalized spacial score (nSPS) is 13.4. The number of benzene rings is 1. The van der Waals surface area contributed by atoms with Crippen LogP contribution >= 0.6 is 23.2 Å². The minimum atomic E-state index is -0.972. The second-order valence-electron chi connectivity index (χ2n) is 4.35. The van der Waals surface area contributed by atoms with Crippen molar-refractivity contribution in [2.75, 3.05) is 6.54 Å². The molecule has 0 aliphatic heterocycles.